The number of hydrogen-bond acceptors (Lipinski definition) is 6. The number of carbonyl (C=O) groups is 1. The Morgan fingerprint density at radius 1 is 1.03 bits per heavy atom. The lowest BCUT2D eigenvalue weighted by atomic mass is 9.90. The van der Waals surface area contributed by atoms with Gasteiger partial charge in [-0.3, -0.25) is 9.78 Å². The molecule has 1 N–H and O–H groups in total. The summed E-state index contributed by atoms with van der Waals surface area (Å²) in [5, 5.41) is 4.77. The second-order valence-electron chi connectivity index (χ2n) is 9.79. The van der Waals surface area contributed by atoms with E-state index in [9.17, 15) is 4.79 Å². The van der Waals surface area contributed by atoms with Crippen LogP contribution in [0.5, 0.6) is 0 Å². The summed E-state index contributed by atoms with van der Waals surface area (Å²) in [6.07, 6.45) is 7.68. The zero-order chi connectivity index (χ0) is 22.8. The molecule has 2 aliphatic heterocycles. The third-order valence-corrected chi connectivity index (χ3v) is 7.18. The molecule has 33 heavy (non-hydrogen) atoms. The van der Waals surface area contributed by atoms with Crippen molar-refractivity contribution < 1.29 is 4.79 Å². The van der Waals surface area contributed by atoms with E-state index < -0.39 is 0 Å². The van der Waals surface area contributed by atoms with Crippen LogP contribution in [0.2, 0.25) is 0 Å². The minimum absolute atomic E-state index is 0.251. The number of benzene rings is 1. The molecule has 3 aromatic rings. The molecule has 1 atom stereocenters. The van der Waals surface area contributed by atoms with Gasteiger partial charge in [-0.2, -0.15) is 0 Å². The molecule has 172 valence electrons. The highest BCUT2D eigenvalue weighted by molar-refractivity contribution is 5.97. The minimum Gasteiger partial charge on any atom is -0.380 e. The number of anilines is 1. The normalized spacial score (nSPS) is 20.4. The van der Waals surface area contributed by atoms with Crippen LogP contribution >= 0.6 is 0 Å². The number of carbonyl (C=O) groups excluding carboxylic acids is 1. The van der Waals surface area contributed by atoms with Crippen molar-refractivity contribution in [3.8, 4) is 11.3 Å². The van der Waals surface area contributed by atoms with Crippen LogP contribution in [0.3, 0.4) is 0 Å². The van der Waals surface area contributed by atoms with E-state index in [1.54, 1.807) is 6.20 Å². The third-order valence-electron chi connectivity index (χ3n) is 7.18. The third kappa shape index (κ3) is 5.07. The summed E-state index contributed by atoms with van der Waals surface area (Å²) >= 11 is 0. The molecule has 0 aliphatic carbocycles. The van der Waals surface area contributed by atoms with E-state index in [1.165, 1.54) is 0 Å². The number of ketones is 1. The maximum atomic E-state index is 12.8. The summed E-state index contributed by atoms with van der Waals surface area (Å²) in [5.74, 6) is 0.758. The standard InChI is InChI=1S/C27H33N5O/c1-31-12-8-19(9-13-31)15-27(33)21-5-3-20(4-6-21)25-16-26(29-22-10-14-32(2)18-22)23-17-28-11-7-24(23)30-25/h3-7,11,16-17,19,22H,8-10,12-15,18H2,1-2H3,(H,29,30). The molecule has 0 saturated carbocycles. The molecule has 5 rings (SSSR count). The zero-order valence-corrected chi connectivity index (χ0v) is 19.6. The number of nitrogens with zero attached hydrogens (tertiary/aromatic N) is 4. The second kappa shape index (κ2) is 9.57. The molecule has 1 aromatic carbocycles. The molecule has 2 aliphatic rings. The van der Waals surface area contributed by atoms with Gasteiger partial charge in [0.2, 0.25) is 0 Å². The number of hydrogen-bond donors (Lipinski definition) is 1. The van der Waals surface area contributed by atoms with Crippen LogP contribution in [-0.4, -0.2) is 71.9 Å². The van der Waals surface area contributed by atoms with E-state index in [2.05, 4.69) is 40.3 Å². The smallest absolute Gasteiger partial charge is 0.163 e. The summed E-state index contributed by atoms with van der Waals surface area (Å²) in [7, 11) is 4.32. The van der Waals surface area contributed by atoms with Crippen molar-refractivity contribution in [3.05, 3.63) is 54.4 Å². The monoisotopic (exact) mass is 443 g/mol. The molecule has 0 amide bonds. The Hall–Kier alpha value is -2.83. The Morgan fingerprint density at radius 3 is 2.52 bits per heavy atom. The van der Waals surface area contributed by atoms with Crippen molar-refractivity contribution in [2.24, 2.45) is 5.92 Å². The molecule has 0 bridgehead atoms. The van der Waals surface area contributed by atoms with Gasteiger partial charge in [0.15, 0.2) is 5.78 Å². The molecular formula is C27H33N5O. The summed E-state index contributed by atoms with van der Waals surface area (Å²) in [5.41, 5.74) is 4.74. The molecule has 6 heteroatoms. The second-order valence-corrected chi connectivity index (χ2v) is 9.79. The molecule has 0 spiro atoms. The molecule has 2 aromatic heterocycles. The number of nitrogens with one attached hydrogen (secondary N) is 1. The SMILES string of the molecule is CN1CCC(CC(=O)c2ccc(-c3cc(NC4CCN(C)C4)c4cnccc4n3)cc2)CC1. The predicted molar refractivity (Wildman–Crippen MR) is 134 cm³/mol. The van der Waals surface area contributed by atoms with Gasteiger partial charge in [0.05, 0.1) is 11.2 Å². The number of Topliss-reactive ketones (excluding diaryl/α,β-unsaturated/α-hetero) is 1. The van der Waals surface area contributed by atoms with Gasteiger partial charge in [-0.05, 0) is 71.0 Å². The van der Waals surface area contributed by atoms with Crippen LogP contribution in [-0.2, 0) is 0 Å². The van der Waals surface area contributed by atoms with E-state index in [-0.39, 0.29) is 5.78 Å². The Bertz CT molecular complexity index is 1120. The van der Waals surface area contributed by atoms with Crippen molar-refractivity contribution in [1.29, 1.82) is 0 Å². The number of pyridine rings is 2. The average Bonchev–Trinajstić information content (AvgIpc) is 3.25. The van der Waals surface area contributed by atoms with E-state index >= 15 is 0 Å². The number of aromatic nitrogens is 2. The Morgan fingerprint density at radius 2 is 1.79 bits per heavy atom. The summed E-state index contributed by atoms with van der Waals surface area (Å²) in [6.45, 7) is 4.33. The predicted octanol–water partition coefficient (Wildman–Crippen LogP) is 4.33. The van der Waals surface area contributed by atoms with Crippen molar-refractivity contribution in [3.63, 3.8) is 0 Å². The first kappa shape index (κ1) is 22.0. The average molecular weight is 444 g/mol. The zero-order valence-electron chi connectivity index (χ0n) is 19.6. The van der Waals surface area contributed by atoms with Crippen LogP contribution in [0.4, 0.5) is 5.69 Å². The molecule has 2 saturated heterocycles. The molecule has 1 unspecified atom stereocenters. The summed E-state index contributed by atoms with van der Waals surface area (Å²) in [6, 6.07) is 12.5. The highest BCUT2D eigenvalue weighted by Gasteiger charge is 2.22. The van der Waals surface area contributed by atoms with Gasteiger partial charge in [-0.1, -0.05) is 24.3 Å². The maximum Gasteiger partial charge on any atom is 0.163 e. The van der Waals surface area contributed by atoms with E-state index in [1.807, 2.05) is 36.5 Å². The molecule has 2 fully saturated rings. The summed E-state index contributed by atoms with van der Waals surface area (Å²) < 4.78 is 0. The van der Waals surface area contributed by atoms with Gasteiger partial charge in [0, 0.05) is 53.6 Å². The number of piperidine rings is 1. The van der Waals surface area contributed by atoms with E-state index in [0.717, 1.165) is 78.9 Å². The Balaban J connectivity index is 1.35. The lowest BCUT2D eigenvalue weighted by Crippen LogP contribution is -2.31. The van der Waals surface area contributed by atoms with E-state index in [4.69, 9.17) is 4.98 Å². The fourth-order valence-electron chi connectivity index (χ4n) is 5.08. The van der Waals surface area contributed by atoms with Gasteiger partial charge < -0.3 is 15.1 Å². The number of rotatable bonds is 6. The van der Waals surface area contributed by atoms with Crippen LogP contribution in [0.15, 0.2) is 48.8 Å². The largest absolute Gasteiger partial charge is 0.380 e. The van der Waals surface area contributed by atoms with Crippen LogP contribution in [0, 0.1) is 5.92 Å². The lowest BCUT2D eigenvalue weighted by molar-refractivity contribution is 0.0936. The van der Waals surface area contributed by atoms with Crippen molar-refractivity contribution in [2.75, 3.05) is 45.6 Å². The van der Waals surface area contributed by atoms with Gasteiger partial charge >= 0.3 is 0 Å². The first-order valence-corrected chi connectivity index (χ1v) is 12.1. The van der Waals surface area contributed by atoms with Crippen molar-refractivity contribution in [1.82, 2.24) is 19.8 Å². The van der Waals surface area contributed by atoms with Gasteiger partial charge in [-0.15, -0.1) is 0 Å². The first-order valence-electron chi connectivity index (χ1n) is 12.1. The lowest BCUT2D eigenvalue weighted by Gasteiger charge is -2.28. The topological polar surface area (TPSA) is 61.4 Å². The highest BCUT2D eigenvalue weighted by Crippen LogP contribution is 2.30. The number of fused-ring (bicyclic) bond motifs is 1. The molecule has 4 heterocycles. The number of likely N-dealkylation sites (tertiary alicyclic amines) is 2. The molecular weight excluding hydrogens is 410 g/mol. The van der Waals surface area contributed by atoms with Crippen molar-refractivity contribution in [2.45, 2.75) is 31.7 Å². The minimum atomic E-state index is 0.251. The van der Waals surface area contributed by atoms with Gasteiger partial charge in [0.25, 0.3) is 0 Å². The van der Waals surface area contributed by atoms with Gasteiger partial charge in [0.1, 0.15) is 0 Å². The Labute approximate surface area is 196 Å². The van der Waals surface area contributed by atoms with E-state index in [0.29, 0.717) is 18.4 Å². The fourth-order valence-corrected chi connectivity index (χ4v) is 5.08. The van der Waals surface area contributed by atoms with Crippen LogP contribution < -0.4 is 5.32 Å². The van der Waals surface area contributed by atoms with Crippen LogP contribution in [0.25, 0.3) is 22.2 Å². The molecule has 0 radical (unpaired) electrons. The summed E-state index contributed by atoms with van der Waals surface area (Å²) in [4.78, 5) is 26.7. The molecule has 6 nitrogen and oxygen atoms in total. The van der Waals surface area contributed by atoms with Gasteiger partial charge in [-0.25, -0.2) is 4.98 Å². The fraction of sp³-hybridized carbons (Fsp3) is 0.444. The van der Waals surface area contributed by atoms with Crippen molar-refractivity contribution >= 4 is 22.4 Å². The van der Waals surface area contributed by atoms with Crippen LogP contribution in [0.1, 0.15) is 36.0 Å². The highest BCUT2D eigenvalue weighted by atomic mass is 16.1. The quantitative estimate of drug-likeness (QED) is 0.573. The maximum absolute atomic E-state index is 12.8. The number of likely N-dealkylation sites (N-methyl/N-ethyl adjacent to an activating group) is 1. The first-order chi connectivity index (χ1) is 16.0. The Kier molecular flexibility index (Phi) is 6.38.